The molecule has 0 amide bonds. The Balaban J connectivity index is 1.57. The van der Waals surface area contributed by atoms with Gasteiger partial charge in [-0.15, -0.1) is 11.3 Å². The molecule has 1 fully saturated rings. The Hall–Kier alpha value is -2.13. The van der Waals surface area contributed by atoms with E-state index in [1.54, 1.807) is 41.7 Å². The third kappa shape index (κ3) is 4.57. The van der Waals surface area contributed by atoms with Crippen molar-refractivity contribution in [1.82, 2.24) is 0 Å². The second-order valence-corrected chi connectivity index (χ2v) is 8.94. The van der Waals surface area contributed by atoms with Gasteiger partial charge in [-0.3, -0.25) is 4.79 Å². The fourth-order valence-corrected chi connectivity index (χ4v) is 4.82. The number of hydrogen-bond acceptors (Lipinski definition) is 6. The molecule has 0 aliphatic carbocycles. The number of hydrogen-bond donors (Lipinski definition) is 3. The van der Waals surface area contributed by atoms with Gasteiger partial charge in [0.15, 0.2) is 5.78 Å². The Morgan fingerprint density at radius 2 is 1.81 bits per heavy atom. The predicted octanol–water partition coefficient (Wildman–Crippen LogP) is 3.52. The van der Waals surface area contributed by atoms with Crippen LogP contribution in [0.5, 0.6) is 0 Å². The quantitative estimate of drug-likeness (QED) is 0.540. The zero-order chi connectivity index (χ0) is 22.1. The van der Waals surface area contributed by atoms with Gasteiger partial charge >= 0.3 is 0 Å². The SMILES string of the molecule is O=C1[C@@H](CO)O[C@@H](c2ccc(Cl)c(Cc3ccc(-c4ccc(F)cc4)s3)c2)[C@@H](O)[C@H]1O. The topological polar surface area (TPSA) is 87.0 Å². The Bertz CT molecular complexity index is 1080. The van der Waals surface area contributed by atoms with Crippen molar-refractivity contribution in [3.8, 4) is 10.4 Å². The van der Waals surface area contributed by atoms with Gasteiger partial charge in [-0.25, -0.2) is 4.39 Å². The maximum Gasteiger partial charge on any atom is 0.195 e. The molecule has 1 aliphatic heterocycles. The van der Waals surface area contributed by atoms with Crippen molar-refractivity contribution in [1.29, 1.82) is 0 Å². The van der Waals surface area contributed by atoms with Crippen LogP contribution in [0.15, 0.2) is 54.6 Å². The Labute approximate surface area is 187 Å². The zero-order valence-electron chi connectivity index (χ0n) is 16.2. The first-order valence-electron chi connectivity index (χ1n) is 9.66. The van der Waals surface area contributed by atoms with Crippen LogP contribution in [0, 0.1) is 5.82 Å². The average Bonchev–Trinajstić information content (AvgIpc) is 3.23. The van der Waals surface area contributed by atoms with Gasteiger partial charge < -0.3 is 20.1 Å². The standard InChI is InChI=1S/C23H20ClFO5S/c24-17-7-3-13(23-22(29)21(28)20(27)18(11-26)30-23)9-14(17)10-16-6-8-19(31-16)12-1-4-15(25)5-2-12/h1-9,18,21-23,26,28-29H,10-11H2/t18-,21+,22+,23+/m1/s1. The van der Waals surface area contributed by atoms with E-state index in [-0.39, 0.29) is 5.82 Å². The smallest absolute Gasteiger partial charge is 0.195 e. The molecule has 162 valence electrons. The van der Waals surface area contributed by atoms with Crippen molar-refractivity contribution < 1.29 is 29.2 Å². The first kappa shape index (κ1) is 22.1. The Morgan fingerprint density at radius 3 is 2.52 bits per heavy atom. The number of benzene rings is 2. The van der Waals surface area contributed by atoms with E-state index in [0.29, 0.717) is 17.0 Å². The number of aliphatic hydroxyl groups excluding tert-OH is 3. The van der Waals surface area contributed by atoms with Crippen molar-refractivity contribution >= 4 is 28.7 Å². The van der Waals surface area contributed by atoms with Crippen molar-refractivity contribution in [3.05, 3.63) is 81.4 Å². The maximum atomic E-state index is 13.2. The average molecular weight is 463 g/mol. The lowest BCUT2D eigenvalue weighted by Crippen LogP contribution is -2.52. The van der Waals surface area contributed by atoms with Crippen LogP contribution in [0.4, 0.5) is 4.39 Å². The lowest BCUT2D eigenvalue weighted by molar-refractivity contribution is -0.188. The molecule has 0 saturated carbocycles. The fraction of sp³-hybridized carbons (Fsp3) is 0.261. The van der Waals surface area contributed by atoms with E-state index in [4.69, 9.17) is 16.3 Å². The zero-order valence-corrected chi connectivity index (χ0v) is 17.8. The number of carbonyl (C=O) groups excluding carboxylic acids is 1. The molecule has 8 heteroatoms. The van der Waals surface area contributed by atoms with Crippen molar-refractivity contribution in [3.63, 3.8) is 0 Å². The van der Waals surface area contributed by atoms with Crippen LogP contribution in [0.25, 0.3) is 10.4 Å². The van der Waals surface area contributed by atoms with Crippen molar-refractivity contribution in [2.75, 3.05) is 6.61 Å². The second-order valence-electron chi connectivity index (χ2n) is 7.37. The largest absolute Gasteiger partial charge is 0.393 e. The van der Waals surface area contributed by atoms with E-state index < -0.39 is 36.8 Å². The van der Waals surface area contributed by atoms with Crippen LogP contribution < -0.4 is 0 Å². The monoisotopic (exact) mass is 462 g/mol. The lowest BCUT2D eigenvalue weighted by Gasteiger charge is -2.35. The summed E-state index contributed by atoms with van der Waals surface area (Å²) >= 11 is 7.95. The lowest BCUT2D eigenvalue weighted by atomic mass is 9.91. The number of ketones is 1. The number of ether oxygens (including phenoxy) is 1. The van der Waals surface area contributed by atoms with Crippen LogP contribution in [-0.2, 0) is 16.0 Å². The van der Waals surface area contributed by atoms with E-state index in [0.717, 1.165) is 20.9 Å². The molecule has 3 aromatic rings. The first-order valence-corrected chi connectivity index (χ1v) is 10.9. The first-order chi connectivity index (χ1) is 14.9. The highest BCUT2D eigenvalue weighted by atomic mass is 35.5. The molecule has 2 heterocycles. The number of rotatable bonds is 5. The number of halogens is 2. The van der Waals surface area contributed by atoms with Crippen molar-refractivity contribution in [2.24, 2.45) is 0 Å². The molecule has 0 radical (unpaired) electrons. The molecule has 0 unspecified atom stereocenters. The van der Waals surface area contributed by atoms with Crippen LogP contribution in [0.1, 0.15) is 22.1 Å². The van der Waals surface area contributed by atoms with Crippen molar-refractivity contribution in [2.45, 2.75) is 30.8 Å². The fourth-order valence-electron chi connectivity index (χ4n) is 3.59. The van der Waals surface area contributed by atoms with Gasteiger partial charge in [-0.1, -0.05) is 35.9 Å². The Kier molecular flexibility index (Phi) is 6.52. The predicted molar refractivity (Wildman–Crippen MR) is 116 cm³/mol. The molecule has 3 N–H and O–H groups in total. The molecular formula is C23H20ClFO5S. The van der Waals surface area contributed by atoms with Gasteiger partial charge in [0.2, 0.25) is 0 Å². The maximum absolute atomic E-state index is 13.2. The minimum Gasteiger partial charge on any atom is -0.393 e. The number of carbonyl (C=O) groups is 1. The van der Waals surface area contributed by atoms with Gasteiger partial charge in [0.1, 0.15) is 30.2 Å². The van der Waals surface area contributed by atoms with Gasteiger partial charge in [-0.05, 0) is 47.0 Å². The summed E-state index contributed by atoms with van der Waals surface area (Å²) in [5.74, 6) is -1.03. The third-order valence-electron chi connectivity index (χ3n) is 5.27. The van der Waals surface area contributed by atoms with E-state index in [1.165, 1.54) is 12.1 Å². The second kappa shape index (κ2) is 9.16. The van der Waals surface area contributed by atoms with Gasteiger partial charge in [0.05, 0.1) is 6.61 Å². The van der Waals surface area contributed by atoms with Crippen LogP contribution in [0.2, 0.25) is 5.02 Å². The van der Waals surface area contributed by atoms with E-state index in [1.807, 2.05) is 12.1 Å². The molecule has 0 bridgehead atoms. The molecule has 1 saturated heterocycles. The van der Waals surface area contributed by atoms with Gasteiger partial charge in [-0.2, -0.15) is 0 Å². The number of thiophene rings is 1. The number of Topliss-reactive ketones (excluding diaryl/α,β-unsaturated/α-hetero) is 1. The van der Waals surface area contributed by atoms with Crippen LogP contribution in [-0.4, -0.2) is 46.0 Å². The molecule has 31 heavy (non-hydrogen) atoms. The molecule has 4 atom stereocenters. The number of aliphatic hydroxyl groups is 3. The normalized spacial score (nSPS) is 23.8. The Morgan fingerprint density at radius 1 is 1.06 bits per heavy atom. The van der Waals surface area contributed by atoms with Gasteiger partial charge in [0.25, 0.3) is 0 Å². The summed E-state index contributed by atoms with van der Waals surface area (Å²) in [6.45, 7) is -0.582. The summed E-state index contributed by atoms with van der Waals surface area (Å²) in [5.41, 5.74) is 2.26. The highest BCUT2D eigenvalue weighted by Gasteiger charge is 2.43. The van der Waals surface area contributed by atoms with E-state index >= 15 is 0 Å². The van der Waals surface area contributed by atoms with Crippen LogP contribution >= 0.6 is 22.9 Å². The summed E-state index contributed by atoms with van der Waals surface area (Å²) in [6.07, 6.45) is -4.73. The molecular weight excluding hydrogens is 443 g/mol. The van der Waals surface area contributed by atoms with E-state index in [2.05, 4.69) is 0 Å². The summed E-state index contributed by atoms with van der Waals surface area (Å²) in [4.78, 5) is 13.9. The molecule has 4 rings (SSSR count). The van der Waals surface area contributed by atoms with Crippen LogP contribution in [0.3, 0.4) is 0 Å². The summed E-state index contributed by atoms with van der Waals surface area (Å²) < 4.78 is 18.7. The molecule has 5 nitrogen and oxygen atoms in total. The third-order valence-corrected chi connectivity index (χ3v) is 6.78. The molecule has 0 spiro atoms. The molecule has 2 aromatic carbocycles. The summed E-state index contributed by atoms with van der Waals surface area (Å²) in [6, 6.07) is 15.3. The highest BCUT2D eigenvalue weighted by molar-refractivity contribution is 7.15. The molecule has 1 aromatic heterocycles. The van der Waals surface area contributed by atoms with Gasteiger partial charge in [0, 0.05) is 21.2 Å². The minimum atomic E-state index is -1.63. The van der Waals surface area contributed by atoms with E-state index in [9.17, 15) is 24.5 Å². The summed E-state index contributed by atoms with van der Waals surface area (Å²) in [7, 11) is 0. The minimum absolute atomic E-state index is 0.286. The highest BCUT2D eigenvalue weighted by Crippen LogP contribution is 2.35. The molecule has 1 aliphatic rings. The summed E-state index contributed by atoms with van der Waals surface area (Å²) in [5, 5.41) is 30.3.